The molecule has 0 aliphatic heterocycles. The van der Waals surface area contributed by atoms with Gasteiger partial charge in [0.25, 0.3) is 0 Å². The largest absolute Gasteiger partial charge is 0.277 e. The van der Waals surface area contributed by atoms with E-state index in [0.717, 1.165) is 23.1 Å². The van der Waals surface area contributed by atoms with Crippen LogP contribution in [0.25, 0.3) is 0 Å². The van der Waals surface area contributed by atoms with Crippen LogP contribution in [-0.2, 0) is 0 Å². The fraction of sp³-hybridized carbons (Fsp3) is 0.364. The van der Waals surface area contributed by atoms with E-state index in [-0.39, 0.29) is 0 Å². The van der Waals surface area contributed by atoms with Gasteiger partial charge < -0.3 is 0 Å². The molecule has 0 heterocycles. The minimum atomic E-state index is 0.909. The van der Waals surface area contributed by atoms with Gasteiger partial charge in [-0.2, -0.15) is 0 Å². The van der Waals surface area contributed by atoms with E-state index < -0.39 is 0 Å². The normalized spacial score (nSPS) is 11.7. The second kappa shape index (κ2) is 5.92. The summed E-state index contributed by atoms with van der Waals surface area (Å²) in [7, 11) is 0. The van der Waals surface area contributed by atoms with Crippen LogP contribution >= 0.6 is 15.9 Å². The number of rotatable bonds is 4. The third kappa shape index (κ3) is 3.73. The summed E-state index contributed by atoms with van der Waals surface area (Å²) in [6.45, 7) is 3.08. The Bertz CT molecular complexity index is 267. The summed E-state index contributed by atoms with van der Waals surface area (Å²) in [5.74, 6) is 0. The number of hydrogen-bond donors (Lipinski definition) is 0. The number of hydrogen-bond acceptors (Lipinski definition) is 1. The molecule has 0 N–H and O–H groups in total. The Morgan fingerprint density at radius 1 is 1.31 bits per heavy atom. The summed E-state index contributed by atoms with van der Waals surface area (Å²) in [6, 6.07) is 10.2. The van der Waals surface area contributed by atoms with Gasteiger partial charge in [-0.1, -0.05) is 43.7 Å². The molecule has 0 atom stereocenters. The molecule has 0 radical (unpaired) electrons. The van der Waals surface area contributed by atoms with Gasteiger partial charge in [0.1, 0.15) is 4.62 Å². The van der Waals surface area contributed by atoms with Crippen molar-refractivity contribution in [2.24, 2.45) is 4.99 Å². The Labute approximate surface area is 88.0 Å². The Balaban J connectivity index is 2.57. The molecule has 0 aromatic heterocycles. The third-order valence-electron chi connectivity index (χ3n) is 1.77. The lowest BCUT2D eigenvalue weighted by Gasteiger charge is -1.97. The summed E-state index contributed by atoms with van der Waals surface area (Å²) in [6.07, 6.45) is 2.35. The molecule has 0 aliphatic carbocycles. The molecular formula is C11H14BrN. The van der Waals surface area contributed by atoms with Crippen LogP contribution in [0.15, 0.2) is 35.3 Å². The molecule has 2 heteroatoms. The minimum Gasteiger partial charge on any atom is -0.277 e. The van der Waals surface area contributed by atoms with Crippen LogP contribution in [0.1, 0.15) is 25.3 Å². The topological polar surface area (TPSA) is 12.4 Å². The van der Waals surface area contributed by atoms with E-state index in [4.69, 9.17) is 0 Å². The van der Waals surface area contributed by atoms with Gasteiger partial charge in [0, 0.05) is 12.1 Å². The molecule has 0 saturated carbocycles. The van der Waals surface area contributed by atoms with E-state index in [1.165, 1.54) is 6.42 Å². The molecule has 0 spiro atoms. The van der Waals surface area contributed by atoms with Crippen molar-refractivity contribution in [1.82, 2.24) is 0 Å². The molecule has 0 saturated heterocycles. The maximum absolute atomic E-state index is 4.42. The Morgan fingerprint density at radius 3 is 2.62 bits per heavy atom. The van der Waals surface area contributed by atoms with Gasteiger partial charge in [-0.15, -0.1) is 0 Å². The Morgan fingerprint density at radius 2 is 2.00 bits per heavy atom. The molecule has 1 rings (SSSR count). The second-order valence-electron chi connectivity index (χ2n) is 2.89. The van der Waals surface area contributed by atoms with Gasteiger partial charge in [-0.05, 0) is 22.4 Å². The maximum Gasteiger partial charge on any atom is 0.107 e. The first-order chi connectivity index (χ1) is 6.34. The third-order valence-corrected chi connectivity index (χ3v) is 2.48. The lowest BCUT2D eigenvalue weighted by atomic mass is 10.2. The van der Waals surface area contributed by atoms with Crippen molar-refractivity contribution in [3.05, 3.63) is 35.9 Å². The van der Waals surface area contributed by atoms with Crippen molar-refractivity contribution in [2.45, 2.75) is 19.8 Å². The van der Waals surface area contributed by atoms with Gasteiger partial charge in [-0.3, -0.25) is 4.99 Å². The zero-order valence-electron chi connectivity index (χ0n) is 7.83. The summed E-state index contributed by atoms with van der Waals surface area (Å²) in [4.78, 5) is 4.42. The van der Waals surface area contributed by atoms with Crippen molar-refractivity contribution in [3.8, 4) is 0 Å². The summed E-state index contributed by atoms with van der Waals surface area (Å²) in [5.41, 5.74) is 1.15. The van der Waals surface area contributed by atoms with Crippen molar-refractivity contribution in [2.75, 3.05) is 6.54 Å². The van der Waals surface area contributed by atoms with Crippen LogP contribution in [-0.4, -0.2) is 11.2 Å². The van der Waals surface area contributed by atoms with Crippen LogP contribution < -0.4 is 0 Å². The summed E-state index contributed by atoms with van der Waals surface area (Å²) < 4.78 is 0.960. The molecule has 0 fully saturated rings. The first-order valence-electron chi connectivity index (χ1n) is 4.60. The first-order valence-corrected chi connectivity index (χ1v) is 5.39. The lowest BCUT2D eigenvalue weighted by molar-refractivity contribution is 0.810. The van der Waals surface area contributed by atoms with Crippen LogP contribution in [0.2, 0.25) is 0 Å². The van der Waals surface area contributed by atoms with Crippen LogP contribution in [0.4, 0.5) is 0 Å². The Kier molecular flexibility index (Phi) is 4.76. The monoisotopic (exact) mass is 239 g/mol. The van der Waals surface area contributed by atoms with Gasteiger partial charge >= 0.3 is 0 Å². The van der Waals surface area contributed by atoms with Crippen molar-refractivity contribution >= 4 is 20.6 Å². The summed E-state index contributed by atoms with van der Waals surface area (Å²) >= 11 is 3.47. The van der Waals surface area contributed by atoms with Gasteiger partial charge in [-0.25, -0.2) is 0 Å². The number of nitrogens with zero attached hydrogens (tertiary/aromatic N) is 1. The van der Waals surface area contributed by atoms with Crippen molar-refractivity contribution < 1.29 is 0 Å². The van der Waals surface area contributed by atoms with E-state index in [2.05, 4.69) is 40.0 Å². The lowest BCUT2D eigenvalue weighted by Crippen LogP contribution is -1.91. The smallest absolute Gasteiger partial charge is 0.107 e. The molecule has 0 unspecified atom stereocenters. The Hall–Kier alpha value is -0.630. The zero-order chi connectivity index (χ0) is 9.52. The van der Waals surface area contributed by atoms with Gasteiger partial charge in [0.05, 0.1) is 0 Å². The molecule has 1 nitrogen and oxygen atoms in total. The van der Waals surface area contributed by atoms with Crippen LogP contribution in [0, 0.1) is 0 Å². The van der Waals surface area contributed by atoms with Crippen LogP contribution in [0.5, 0.6) is 0 Å². The van der Waals surface area contributed by atoms with E-state index in [9.17, 15) is 0 Å². The highest BCUT2D eigenvalue weighted by Crippen LogP contribution is 2.06. The number of aliphatic imine (C=N–C) groups is 1. The number of unbranched alkanes of at least 4 members (excludes halogenated alkanes) is 1. The standard InChI is InChI=1S/C11H14BrN/c1-2-3-9-13-11(12)10-7-5-4-6-8-10/h4-8H,2-3,9H2,1H3. The van der Waals surface area contributed by atoms with E-state index in [1.54, 1.807) is 0 Å². The zero-order valence-corrected chi connectivity index (χ0v) is 9.42. The average molecular weight is 240 g/mol. The number of benzene rings is 1. The fourth-order valence-corrected chi connectivity index (χ4v) is 1.44. The predicted octanol–water partition coefficient (Wildman–Crippen LogP) is 3.63. The van der Waals surface area contributed by atoms with E-state index >= 15 is 0 Å². The second-order valence-corrected chi connectivity index (χ2v) is 3.64. The maximum atomic E-state index is 4.42. The van der Waals surface area contributed by atoms with Crippen molar-refractivity contribution in [1.29, 1.82) is 0 Å². The van der Waals surface area contributed by atoms with E-state index in [0.29, 0.717) is 0 Å². The van der Waals surface area contributed by atoms with Gasteiger partial charge in [0.15, 0.2) is 0 Å². The fourth-order valence-electron chi connectivity index (χ4n) is 1.00. The molecule has 0 aliphatic rings. The number of halogens is 1. The summed E-state index contributed by atoms with van der Waals surface area (Å²) in [5, 5.41) is 0. The molecule has 0 amide bonds. The molecule has 0 bridgehead atoms. The minimum absolute atomic E-state index is 0.909. The highest BCUT2D eigenvalue weighted by Gasteiger charge is 1.95. The molecule has 13 heavy (non-hydrogen) atoms. The van der Waals surface area contributed by atoms with Crippen LogP contribution in [0.3, 0.4) is 0 Å². The average Bonchev–Trinajstić information content (AvgIpc) is 2.19. The quantitative estimate of drug-likeness (QED) is 0.563. The van der Waals surface area contributed by atoms with Gasteiger partial charge in [0.2, 0.25) is 0 Å². The van der Waals surface area contributed by atoms with E-state index in [1.807, 2.05) is 18.2 Å². The molecule has 1 aromatic rings. The SMILES string of the molecule is CCCCN=C(Br)c1ccccc1. The highest BCUT2D eigenvalue weighted by atomic mass is 79.9. The first kappa shape index (κ1) is 10.5. The predicted molar refractivity (Wildman–Crippen MR) is 61.7 cm³/mol. The molecule has 70 valence electrons. The highest BCUT2D eigenvalue weighted by molar-refractivity contribution is 9.18. The molecule has 1 aromatic carbocycles. The molecular weight excluding hydrogens is 226 g/mol. The van der Waals surface area contributed by atoms with Crippen molar-refractivity contribution in [3.63, 3.8) is 0 Å².